The second kappa shape index (κ2) is 6.08. The molecule has 0 aliphatic rings. The van der Waals surface area contributed by atoms with Crippen molar-refractivity contribution in [3.05, 3.63) is 64.4 Å². The number of alkyl halides is 1. The van der Waals surface area contributed by atoms with Gasteiger partial charge < -0.3 is 4.57 Å². The first-order valence-electron chi connectivity index (χ1n) is 6.99. The average Bonchev–Trinajstić information content (AvgIpc) is 2.85. The average molecular weight is 319 g/mol. The summed E-state index contributed by atoms with van der Waals surface area (Å²) in [6.07, 6.45) is 1.06. The zero-order valence-corrected chi connectivity index (χ0v) is 13.3. The first-order chi connectivity index (χ1) is 10.2. The van der Waals surface area contributed by atoms with E-state index in [0.29, 0.717) is 10.9 Å². The number of aromatic nitrogens is 2. The molecule has 1 aromatic heterocycles. The number of hydrogen-bond acceptors (Lipinski definition) is 1. The van der Waals surface area contributed by atoms with E-state index in [-0.39, 0.29) is 0 Å². The molecule has 3 rings (SSSR count). The summed E-state index contributed by atoms with van der Waals surface area (Å²) in [5.74, 6) is 1.26. The molecule has 0 bridgehead atoms. The van der Waals surface area contributed by atoms with Crippen molar-refractivity contribution in [1.29, 1.82) is 0 Å². The molecule has 0 saturated heterocycles. The molecule has 0 aliphatic carbocycles. The van der Waals surface area contributed by atoms with Crippen molar-refractivity contribution in [1.82, 2.24) is 9.55 Å². The van der Waals surface area contributed by atoms with Crippen LogP contribution in [0.15, 0.2) is 42.5 Å². The lowest BCUT2D eigenvalue weighted by molar-refractivity contribution is 0.778. The fourth-order valence-electron chi connectivity index (χ4n) is 2.49. The lowest BCUT2D eigenvalue weighted by atomic mass is 10.1. The summed E-state index contributed by atoms with van der Waals surface area (Å²) >= 11 is 12.1. The fourth-order valence-corrected chi connectivity index (χ4v) is 2.86. The Balaban J connectivity index is 2.01. The number of imidazole rings is 1. The largest absolute Gasteiger partial charge is 0.322 e. The molecule has 0 aliphatic heterocycles. The summed E-state index contributed by atoms with van der Waals surface area (Å²) in [6, 6.07) is 14.4. The monoisotopic (exact) mass is 318 g/mol. The molecule has 0 radical (unpaired) electrons. The van der Waals surface area contributed by atoms with E-state index >= 15 is 0 Å². The molecule has 0 fully saturated rings. The Labute approximate surface area is 134 Å². The highest BCUT2D eigenvalue weighted by Gasteiger charge is 2.10. The van der Waals surface area contributed by atoms with Crippen LogP contribution < -0.4 is 0 Å². The minimum atomic E-state index is 0.388. The van der Waals surface area contributed by atoms with Crippen molar-refractivity contribution >= 4 is 34.2 Å². The van der Waals surface area contributed by atoms with Gasteiger partial charge in [0.25, 0.3) is 0 Å². The smallest absolute Gasteiger partial charge is 0.125 e. The molecule has 0 unspecified atom stereocenters. The molecule has 21 heavy (non-hydrogen) atoms. The van der Waals surface area contributed by atoms with Gasteiger partial charge in [-0.05, 0) is 35.7 Å². The first kappa shape index (κ1) is 14.4. The van der Waals surface area contributed by atoms with E-state index in [4.69, 9.17) is 23.2 Å². The molecule has 4 heteroatoms. The molecular weight excluding hydrogens is 303 g/mol. The van der Waals surface area contributed by atoms with Crippen molar-refractivity contribution in [2.75, 3.05) is 0 Å². The van der Waals surface area contributed by atoms with Crippen molar-refractivity contribution in [3.63, 3.8) is 0 Å². The van der Waals surface area contributed by atoms with Crippen LogP contribution >= 0.6 is 23.2 Å². The summed E-state index contributed by atoms with van der Waals surface area (Å²) in [7, 11) is 0. The van der Waals surface area contributed by atoms with Crippen LogP contribution in [0.2, 0.25) is 5.02 Å². The third kappa shape index (κ3) is 2.92. The molecule has 3 aromatic rings. The zero-order chi connectivity index (χ0) is 14.8. The van der Waals surface area contributed by atoms with Crippen LogP contribution in [0.25, 0.3) is 11.0 Å². The van der Waals surface area contributed by atoms with E-state index in [2.05, 4.69) is 40.7 Å². The van der Waals surface area contributed by atoms with Crippen molar-refractivity contribution in [2.24, 2.45) is 0 Å². The van der Waals surface area contributed by atoms with E-state index < -0.39 is 0 Å². The van der Waals surface area contributed by atoms with Gasteiger partial charge in [-0.3, -0.25) is 0 Å². The van der Waals surface area contributed by atoms with Gasteiger partial charge in [0.15, 0.2) is 0 Å². The van der Waals surface area contributed by atoms with E-state index in [1.54, 1.807) is 0 Å². The standard InChI is InChI=1S/C17H16Cl2N2/c1-2-12-3-5-13(6-4-12)11-21-16-8-7-14(19)9-15(16)20-17(21)10-18/h3-9H,2,10-11H2,1H3. The van der Waals surface area contributed by atoms with Gasteiger partial charge in [-0.15, -0.1) is 11.6 Å². The van der Waals surface area contributed by atoms with Gasteiger partial charge in [0, 0.05) is 11.6 Å². The van der Waals surface area contributed by atoms with Crippen molar-refractivity contribution in [2.45, 2.75) is 25.8 Å². The quantitative estimate of drug-likeness (QED) is 0.616. The summed E-state index contributed by atoms with van der Waals surface area (Å²) in [4.78, 5) is 4.57. The highest BCUT2D eigenvalue weighted by molar-refractivity contribution is 6.31. The van der Waals surface area contributed by atoms with Crippen molar-refractivity contribution in [3.8, 4) is 0 Å². The highest BCUT2D eigenvalue weighted by atomic mass is 35.5. The highest BCUT2D eigenvalue weighted by Crippen LogP contribution is 2.22. The maximum absolute atomic E-state index is 6.04. The molecule has 0 saturated carbocycles. The zero-order valence-electron chi connectivity index (χ0n) is 11.8. The van der Waals surface area contributed by atoms with Gasteiger partial charge in [0.1, 0.15) is 5.82 Å². The number of nitrogens with zero attached hydrogens (tertiary/aromatic N) is 2. The minimum absolute atomic E-state index is 0.388. The molecule has 0 amide bonds. The Morgan fingerprint density at radius 2 is 1.76 bits per heavy atom. The summed E-state index contributed by atoms with van der Waals surface area (Å²) < 4.78 is 2.15. The van der Waals surface area contributed by atoms with Gasteiger partial charge in [-0.1, -0.05) is 42.8 Å². The van der Waals surface area contributed by atoms with Gasteiger partial charge in [0.2, 0.25) is 0 Å². The van der Waals surface area contributed by atoms with Crippen LogP contribution in [0.5, 0.6) is 0 Å². The maximum atomic E-state index is 6.04. The minimum Gasteiger partial charge on any atom is -0.322 e. The number of rotatable bonds is 4. The van der Waals surface area contributed by atoms with Crippen LogP contribution in [0, 0.1) is 0 Å². The number of hydrogen-bond donors (Lipinski definition) is 0. The first-order valence-corrected chi connectivity index (χ1v) is 7.91. The van der Waals surface area contributed by atoms with Crippen LogP contribution in [0.4, 0.5) is 0 Å². The lowest BCUT2D eigenvalue weighted by Gasteiger charge is -2.08. The summed E-state index contributed by atoms with van der Waals surface area (Å²) in [6.45, 7) is 2.93. The second-order valence-corrected chi connectivity index (χ2v) is 5.75. The normalized spacial score (nSPS) is 11.2. The number of aryl methyl sites for hydroxylation is 1. The fraction of sp³-hybridized carbons (Fsp3) is 0.235. The number of benzene rings is 2. The van der Waals surface area contributed by atoms with E-state index in [1.807, 2.05) is 18.2 Å². The molecule has 2 aromatic carbocycles. The van der Waals surface area contributed by atoms with Crippen LogP contribution in [-0.2, 0) is 18.8 Å². The van der Waals surface area contributed by atoms with Crippen molar-refractivity contribution < 1.29 is 0 Å². The molecule has 0 N–H and O–H groups in total. The molecule has 108 valence electrons. The third-order valence-electron chi connectivity index (χ3n) is 3.68. The Bertz CT molecular complexity index is 760. The van der Waals surface area contributed by atoms with Crippen LogP contribution in [0.1, 0.15) is 23.9 Å². The van der Waals surface area contributed by atoms with E-state index in [9.17, 15) is 0 Å². The van der Waals surface area contributed by atoms with Gasteiger partial charge in [0.05, 0.1) is 16.9 Å². The Morgan fingerprint density at radius 1 is 1.05 bits per heavy atom. The second-order valence-electron chi connectivity index (χ2n) is 5.05. The SMILES string of the molecule is CCc1ccc(Cn2c(CCl)nc3cc(Cl)ccc32)cc1. The summed E-state index contributed by atoms with van der Waals surface area (Å²) in [5, 5.41) is 0.695. The summed E-state index contributed by atoms with van der Waals surface area (Å²) in [5.41, 5.74) is 4.55. The molecular formula is C17H16Cl2N2. The van der Waals surface area contributed by atoms with Gasteiger partial charge in [-0.2, -0.15) is 0 Å². The van der Waals surface area contributed by atoms with E-state index in [1.165, 1.54) is 11.1 Å². The van der Waals surface area contributed by atoms with Gasteiger partial charge in [-0.25, -0.2) is 4.98 Å². The Hall–Kier alpha value is -1.51. The molecule has 2 nitrogen and oxygen atoms in total. The van der Waals surface area contributed by atoms with E-state index in [0.717, 1.165) is 29.8 Å². The number of fused-ring (bicyclic) bond motifs is 1. The number of halogens is 2. The maximum Gasteiger partial charge on any atom is 0.125 e. The Kier molecular flexibility index (Phi) is 4.18. The van der Waals surface area contributed by atoms with Gasteiger partial charge >= 0.3 is 0 Å². The predicted molar refractivity (Wildman–Crippen MR) is 89.2 cm³/mol. The molecule has 0 atom stereocenters. The lowest BCUT2D eigenvalue weighted by Crippen LogP contribution is -2.03. The topological polar surface area (TPSA) is 17.8 Å². The molecule has 0 spiro atoms. The predicted octanol–water partition coefficient (Wildman–Crippen LogP) is 5.04. The Morgan fingerprint density at radius 3 is 2.43 bits per heavy atom. The van der Waals surface area contributed by atoms with Crippen LogP contribution in [-0.4, -0.2) is 9.55 Å². The third-order valence-corrected chi connectivity index (χ3v) is 4.15. The molecule has 1 heterocycles. The van der Waals surface area contributed by atoms with Crippen LogP contribution in [0.3, 0.4) is 0 Å².